The van der Waals surface area contributed by atoms with Crippen molar-refractivity contribution in [3.63, 3.8) is 0 Å². The number of rotatable bonds is 9. The van der Waals surface area contributed by atoms with Crippen LogP contribution in [0.25, 0.3) is 0 Å². The second-order valence-corrected chi connectivity index (χ2v) is 8.61. The monoisotopic (exact) mass is 539 g/mol. The van der Waals surface area contributed by atoms with Crippen molar-refractivity contribution in [2.45, 2.75) is 26.8 Å². The van der Waals surface area contributed by atoms with Crippen LogP contribution in [0.1, 0.15) is 55.3 Å². The predicted molar refractivity (Wildman–Crippen MR) is 120 cm³/mol. The highest BCUT2D eigenvalue weighted by Crippen LogP contribution is 2.34. The first kappa shape index (κ1) is 24.1. The number of amides is 2. The van der Waals surface area contributed by atoms with E-state index in [-0.39, 0.29) is 44.6 Å². The molecule has 12 nitrogen and oxygen atoms in total. The fourth-order valence-electron chi connectivity index (χ4n) is 2.85. The molecule has 0 saturated heterocycles. The zero-order valence-electron chi connectivity index (χ0n) is 17.4. The van der Waals surface area contributed by atoms with E-state index in [1.54, 1.807) is 6.92 Å². The molecule has 0 saturated carbocycles. The molecule has 0 spiro atoms. The molecule has 3 heterocycles. The van der Waals surface area contributed by atoms with Crippen LogP contribution < -0.4 is 11.1 Å². The molecule has 174 valence electrons. The van der Waals surface area contributed by atoms with E-state index in [2.05, 4.69) is 26.3 Å². The van der Waals surface area contributed by atoms with Crippen molar-refractivity contribution in [3.05, 3.63) is 60.4 Å². The number of nitrogens with two attached hydrogens (primary N) is 1. The van der Waals surface area contributed by atoms with Gasteiger partial charge in [-0.15, -0.1) is 11.3 Å². The summed E-state index contributed by atoms with van der Waals surface area (Å²) >= 11 is 3.92. The summed E-state index contributed by atoms with van der Waals surface area (Å²) in [4.78, 5) is 47.3. The lowest BCUT2D eigenvalue weighted by Crippen LogP contribution is -2.15. The Bertz CT molecular complexity index is 1250. The minimum Gasteiger partial charge on any atom is -0.462 e. The minimum absolute atomic E-state index is 0.0399. The summed E-state index contributed by atoms with van der Waals surface area (Å²) in [5, 5.41) is 17.4. The zero-order valence-corrected chi connectivity index (χ0v) is 19.8. The summed E-state index contributed by atoms with van der Waals surface area (Å²) in [6.45, 7) is 3.59. The third kappa shape index (κ3) is 5.28. The molecule has 2 amide bonds. The Labute approximate surface area is 199 Å². The molecule has 0 aliphatic carbocycles. The van der Waals surface area contributed by atoms with E-state index < -0.39 is 22.7 Å². The fraction of sp³-hybridized carbons (Fsp3) is 0.263. The minimum atomic E-state index is -0.734. The van der Waals surface area contributed by atoms with Crippen molar-refractivity contribution >= 4 is 55.9 Å². The van der Waals surface area contributed by atoms with E-state index in [0.29, 0.717) is 17.7 Å². The number of carbonyl (C=O) groups excluding carboxylic acids is 3. The number of primary amides is 1. The van der Waals surface area contributed by atoms with E-state index in [4.69, 9.17) is 14.9 Å². The second kappa shape index (κ2) is 9.95. The summed E-state index contributed by atoms with van der Waals surface area (Å²) in [5.74, 6) is -2.20. The number of hydrogen-bond acceptors (Lipinski definition) is 9. The number of esters is 1. The summed E-state index contributed by atoms with van der Waals surface area (Å²) in [5.41, 5.74) is 5.75. The molecule has 3 N–H and O–H groups in total. The number of hydrogen-bond donors (Lipinski definition) is 2. The highest BCUT2D eigenvalue weighted by molar-refractivity contribution is 9.10. The molecule has 0 unspecified atom stereocenters. The Morgan fingerprint density at radius 3 is 2.73 bits per heavy atom. The van der Waals surface area contributed by atoms with Crippen LogP contribution in [0.2, 0.25) is 0 Å². The molecule has 3 aromatic rings. The van der Waals surface area contributed by atoms with Crippen LogP contribution in [0.4, 0.5) is 10.8 Å². The maximum Gasteiger partial charge on any atom is 0.404 e. The van der Waals surface area contributed by atoms with E-state index in [9.17, 15) is 24.5 Å². The predicted octanol–water partition coefficient (Wildman–Crippen LogP) is 3.48. The van der Waals surface area contributed by atoms with Gasteiger partial charge in [0.2, 0.25) is 0 Å². The highest BCUT2D eigenvalue weighted by Gasteiger charge is 2.27. The number of ether oxygens (including phenoxy) is 1. The number of thiophene rings is 1. The number of halogens is 1. The normalized spacial score (nSPS) is 10.8. The van der Waals surface area contributed by atoms with Gasteiger partial charge >= 0.3 is 11.8 Å². The first-order valence-electron chi connectivity index (χ1n) is 9.50. The van der Waals surface area contributed by atoms with Crippen LogP contribution in [-0.2, 0) is 11.3 Å². The van der Waals surface area contributed by atoms with Crippen LogP contribution in [0.15, 0.2) is 27.2 Å². The quantitative estimate of drug-likeness (QED) is 0.236. The van der Waals surface area contributed by atoms with Crippen molar-refractivity contribution in [2.75, 3.05) is 11.9 Å². The average Bonchev–Trinajstić information content (AvgIpc) is 3.44. The molecular weight excluding hydrogens is 522 g/mol. The first-order valence-corrected chi connectivity index (χ1v) is 11.1. The van der Waals surface area contributed by atoms with Crippen LogP contribution in [0, 0.1) is 17.0 Å². The van der Waals surface area contributed by atoms with Crippen molar-refractivity contribution in [1.29, 1.82) is 0 Å². The Kier molecular flexibility index (Phi) is 7.28. The SMILES string of the molecule is CCCOC(=O)c1c(NC(=O)c2ccc(Cn3cc(Br)c([N+](=O)[O-])n3)o2)sc(C(N)=O)c1C. The number of nitro groups is 1. The molecule has 0 aromatic carbocycles. The van der Waals surface area contributed by atoms with Crippen molar-refractivity contribution < 1.29 is 28.5 Å². The van der Waals surface area contributed by atoms with Gasteiger partial charge in [-0.1, -0.05) is 6.92 Å². The number of anilines is 1. The summed E-state index contributed by atoms with van der Waals surface area (Å²) in [6.07, 6.45) is 2.01. The summed E-state index contributed by atoms with van der Waals surface area (Å²) in [6, 6.07) is 2.92. The van der Waals surface area contributed by atoms with Crippen LogP contribution >= 0.6 is 27.3 Å². The van der Waals surface area contributed by atoms with Gasteiger partial charge in [0.1, 0.15) is 21.8 Å². The smallest absolute Gasteiger partial charge is 0.404 e. The first-order chi connectivity index (χ1) is 15.6. The number of furan rings is 1. The van der Waals surface area contributed by atoms with Gasteiger partial charge in [-0.25, -0.2) is 4.79 Å². The maximum atomic E-state index is 12.7. The van der Waals surface area contributed by atoms with Crippen molar-refractivity contribution in [1.82, 2.24) is 9.78 Å². The Balaban J connectivity index is 1.80. The van der Waals surface area contributed by atoms with E-state index in [0.717, 1.165) is 11.3 Å². The van der Waals surface area contributed by atoms with Gasteiger partial charge in [0.15, 0.2) is 5.76 Å². The Morgan fingerprint density at radius 1 is 1.39 bits per heavy atom. The molecule has 0 radical (unpaired) electrons. The molecule has 14 heteroatoms. The second-order valence-electron chi connectivity index (χ2n) is 6.74. The van der Waals surface area contributed by atoms with Crippen molar-refractivity contribution in [2.24, 2.45) is 5.73 Å². The molecular formula is C19H18BrN5O7S. The fourth-order valence-corrected chi connectivity index (χ4v) is 4.35. The number of nitrogens with one attached hydrogen (secondary N) is 1. The molecule has 33 heavy (non-hydrogen) atoms. The highest BCUT2D eigenvalue weighted by atomic mass is 79.9. The topological polar surface area (TPSA) is 173 Å². The molecule has 0 atom stereocenters. The van der Waals surface area contributed by atoms with Crippen LogP contribution in [0.3, 0.4) is 0 Å². The maximum absolute atomic E-state index is 12.7. The third-order valence-electron chi connectivity index (χ3n) is 4.31. The standard InChI is InChI=1S/C19H18BrN5O7S/c1-3-6-31-19(28)13-9(2)14(15(21)26)33-18(13)22-17(27)12-5-4-10(32-12)7-24-8-11(20)16(23-24)25(29)30/h4-5,8H,3,6-7H2,1-2H3,(H2,21,26)(H,22,27). The number of nitrogens with zero attached hydrogens (tertiary/aromatic N) is 3. The molecule has 0 aliphatic heterocycles. The lowest BCUT2D eigenvalue weighted by Gasteiger charge is -2.06. The zero-order chi connectivity index (χ0) is 24.3. The molecule has 0 bridgehead atoms. The number of carbonyl (C=O) groups is 3. The van der Waals surface area contributed by atoms with Crippen LogP contribution in [0.5, 0.6) is 0 Å². The molecule has 0 fully saturated rings. The average molecular weight is 540 g/mol. The third-order valence-corrected chi connectivity index (χ3v) is 6.10. The van der Waals surface area contributed by atoms with E-state index in [1.165, 1.54) is 23.0 Å². The van der Waals surface area contributed by atoms with Gasteiger partial charge in [0.05, 0.1) is 28.3 Å². The lowest BCUT2D eigenvalue weighted by molar-refractivity contribution is -0.390. The molecule has 3 aromatic heterocycles. The van der Waals surface area contributed by atoms with Gasteiger partial charge in [0, 0.05) is 0 Å². The van der Waals surface area contributed by atoms with Crippen molar-refractivity contribution in [3.8, 4) is 0 Å². The van der Waals surface area contributed by atoms with Gasteiger partial charge in [-0.3, -0.25) is 9.59 Å². The van der Waals surface area contributed by atoms with Gasteiger partial charge in [-0.05, 0) is 51.9 Å². The largest absolute Gasteiger partial charge is 0.462 e. The van der Waals surface area contributed by atoms with Gasteiger partial charge in [0.25, 0.3) is 11.8 Å². The summed E-state index contributed by atoms with van der Waals surface area (Å²) < 4.78 is 12.2. The number of aromatic nitrogens is 2. The Hall–Kier alpha value is -3.52. The molecule has 3 rings (SSSR count). The molecule has 0 aliphatic rings. The summed E-state index contributed by atoms with van der Waals surface area (Å²) in [7, 11) is 0. The van der Waals surface area contributed by atoms with Gasteiger partial charge in [-0.2, -0.15) is 4.68 Å². The van der Waals surface area contributed by atoms with E-state index >= 15 is 0 Å². The van der Waals surface area contributed by atoms with Gasteiger partial charge < -0.3 is 30.3 Å². The Morgan fingerprint density at radius 2 is 2.12 bits per heavy atom. The van der Waals surface area contributed by atoms with E-state index in [1.807, 2.05) is 6.92 Å². The lowest BCUT2D eigenvalue weighted by atomic mass is 10.1. The van der Waals surface area contributed by atoms with Crippen LogP contribution in [-0.4, -0.2) is 39.1 Å².